The lowest BCUT2D eigenvalue weighted by Crippen LogP contribution is -2.34. The minimum absolute atomic E-state index is 0.294. The molecule has 2 aromatic rings. The third kappa shape index (κ3) is 9.61. The Kier molecular flexibility index (Phi) is 9.65. The fourth-order valence-corrected chi connectivity index (χ4v) is 4.27. The van der Waals surface area contributed by atoms with Crippen molar-refractivity contribution in [2.24, 2.45) is 5.14 Å². The van der Waals surface area contributed by atoms with E-state index in [1.54, 1.807) is 5.38 Å². The third-order valence-electron chi connectivity index (χ3n) is 4.29. The molecule has 1 unspecified atom stereocenters. The lowest BCUT2D eigenvalue weighted by molar-refractivity contribution is 0.194. The number of hydrogen-bond donors (Lipinski definition) is 4. The average molecular weight is 472 g/mol. The Hall–Kier alpha value is -2.25. The Bertz CT molecular complexity index is 931. The van der Waals surface area contributed by atoms with Crippen LogP contribution in [0, 0.1) is 0 Å². The molecule has 0 radical (unpaired) electrons. The van der Waals surface area contributed by atoms with E-state index in [2.05, 4.69) is 15.0 Å². The summed E-state index contributed by atoms with van der Waals surface area (Å²) in [5.74, 6) is 0.770. The maximum absolute atomic E-state index is 11.6. The molecule has 0 aliphatic rings. The van der Waals surface area contributed by atoms with Crippen molar-refractivity contribution in [3.8, 4) is 16.3 Å². The van der Waals surface area contributed by atoms with Gasteiger partial charge in [0, 0.05) is 24.0 Å². The molecule has 0 saturated carbocycles. The maximum Gasteiger partial charge on any atom is 0.404 e. The van der Waals surface area contributed by atoms with Crippen LogP contribution < -0.4 is 19.9 Å². The lowest BCUT2D eigenvalue weighted by atomic mass is 10.1. The first-order valence-electron chi connectivity index (χ1n) is 9.74. The van der Waals surface area contributed by atoms with Gasteiger partial charge in [-0.3, -0.25) is 0 Å². The van der Waals surface area contributed by atoms with Crippen molar-refractivity contribution in [1.82, 2.24) is 19.9 Å². The second-order valence-corrected chi connectivity index (χ2v) is 9.38. The Balaban J connectivity index is 2.02. The van der Waals surface area contributed by atoms with E-state index in [1.807, 2.05) is 43.3 Å². The first-order chi connectivity index (χ1) is 14.6. The Labute approximate surface area is 186 Å². The number of nitrogens with one attached hydrogen (secondary N) is 2. The number of ether oxygens (including phenoxy) is 1. The summed E-state index contributed by atoms with van der Waals surface area (Å²) in [7, 11) is 0.0484. The molecule has 10 nitrogen and oxygen atoms in total. The molecule has 0 aliphatic carbocycles. The number of aromatic nitrogens is 1. The highest BCUT2D eigenvalue weighted by atomic mass is 32.2. The Morgan fingerprint density at radius 1 is 1.29 bits per heavy atom. The molecule has 0 spiro atoms. The van der Waals surface area contributed by atoms with Gasteiger partial charge in [0.25, 0.3) is 10.2 Å². The van der Waals surface area contributed by atoms with Crippen LogP contribution in [0.1, 0.15) is 31.0 Å². The molecule has 0 saturated heterocycles. The number of hydrogen-bond acceptors (Lipinski definition) is 7. The number of carboxylic acid groups (broad SMARTS) is 1. The van der Waals surface area contributed by atoms with E-state index in [4.69, 9.17) is 15.0 Å². The molecular formula is C19H29N5O5S2. The van der Waals surface area contributed by atoms with E-state index < -0.39 is 22.3 Å². The highest BCUT2D eigenvalue weighted by Crippen LogP contribution is 2.29. The number of unbranched alkanes of at least 4 members (excludes halogenated alkanes) is 1. The number of benzene rings is 1. The van der Waals surface area contributed by atoms with Gasteiger partial charge in [-0.25, -0.2) is 14.9 Å². The van der Waals surface area contributed by atoms with Crippen molar-refractivity contribution in [2.75, 3.05) is 33.8 Å². The van der Waals surface area contributed by atoms with Crippen LogP contribution in [0.15, 0.2) is 29.6 Å². The maximum atomic E-state index is 11.6. The zero-order valence-corrected chi connectivity index (χ0v) is 19.2. The molecule has 5 N–H and O–H groups in total. The predicted molar refractivity (Wildman–Crippen MR) is 120 cm³/mol. The molecule has 1 atom stereocenters. The molecule has 31 heavy (non-hydrogen) atoms. The summed E-state index contributed by atoms with van der Waals surface area (Å²) in [4.78, 5) is 17.1. The zero-order valence-electron chi connectivity index (χ0n) is 17.6. The van der Waals surface area contributed by atoms with Gasteiger partial charge in [-0.1, -0.05) is 0 Å². The number of likely N-dealkylation sites (N-methyl/N-ethyl adjacent to an activating group) is 1. The molecule has 1 amide bonds. The number of nitrogens with two attached hydrogens (primary N) is 1. The molecular weight excluding hydrogens is 442 g/mol. The molecule has 2 rings (SSSR count). The number of nitrogens with zero attached hydrogens (tertiary/aromatic N) is 2. The minimum Gasteiger partial charge on any atom is -0.492 e. The lowest BCUT2D eigenvalue weighted by Gasteiger charge is -2.15. The first kappa shape index (κ1) is 25.0. The summed E-state index contributed by atoms with van der Waals surface area (Å²) in [6.07, 6.45) is 0.526. The fraction of sp³-hybridized carbons (Fsp3) is 0.474. The zero-order chi connectivity index (χ0) is 22.9. The van der Waals surface area contributed by atoms with E-state index in [-0.39, 0.29) is 0 Å². The van der Waals surface area contributed by atoms with Crippen LogP contribution in [0.5, 0.6) is 5.75 Å². The Morgan fingerprint density at radius 2 is 2.00 bits per heavy atom. The SMILES string of the molecule is CN(C)CCOc1ccc(-c2nc(C(CCCCNC(=O)O)NS(N)(=O)=O)cs2)cc1. The molecule has 1 heterocycles. The predicted octanol–water partition coefficient (Wildman–Crippen LogP) is 2.02. The van der Waals surface area contributed by atoms with Crippen LogP contribution in [0.4, 0.5) is 4.79 Å². The van der Waals surface area contributed by atoms with Crippen molar-refractivity contribution in [2.45, 2.75) is 25.3 Å². The summed E-state index contributed by atoms with van der Waals surface area (Å²) in [5.41, 5.74) is 1.47. The average Bonchev–Trinajstić information content (AvgIpc) is 3.16. The topological polar surface area (TPSA) is 147 Å². The third-order valence-corrected chi connectivity index (χ3v) is 5.81. The van der Waals surface area contributed by atoms with Crippen molar-refractivity contribution < 1.29 is 23.1 Å². The van der Waals surface area contributed by atoms with E-state index in [0.717, 1.165) is 22.9 Å². The number of carbonyl (C=O) groups is 1. The van der Waals surface area contributed by atoms with Crippen molar-refractivity contribution in [1.29, 1.82) is 0 Å². The normalized spacial score (nSPS) is 12.6. The van der Waals surface area contributed by atoms with Crippen LogP contribution in [-0.2, 0) is 10.2 Å². The summed E-state index contributed by atoms with van der Waals surface area (Å²) in [5, 5.41) is 18.6. The van der Waals surface area contributed by atoms with Gasteiger partial charge in [0.05, 0.1) is 11.7 Å². The van der Waals surface area contributed by atoms with Gasteiger partial charge in [-0.15, -0.1) is 11.3 Å². The van der Waals surface area contributed by atoms with Gasteiger partial charge < -0.3 is 20.1 Å². The smallest absolute Gasteiger partial charge is 0.404 e. The second kappa shape index (κ2) is 12.0. The first-order valence-corrected chi connectivity index (χ1v) is 12.2. The highest BCUT2D eigenvalue weighted by Gasteiger charge is 2.20. The van der Waals surface area contributed by atoms with Crippen molar-refractivity contribution in [3.63, 3.8) is 0 Å². The summed E-state index contributed by atoms with van der Waals surface area (Å²) < 4.78 is 31.2. The van der Waals surface area contributed by atoms with Crippen LogP contribution in [0.2, 0.25) is 0 Å². The van der Waals surface area contributed by atoms with Crippen LogP contribution in [-0.4, -0.2) is 63.3 Å². The largest absolute Gasteiger partial charge is 0.492 e. The van der Waals surface area contributed by atoms with E-state index in [0.29, 0.717) is 38.1 Å². The van der Waals surface area contributed by atoms with Gasteiger partial charge >= 0.3 is 6.09 Å². The number of thiazole rings is 1. The number of rotatable bonds is 13. The quantitative estimate of drug-likeness (QED) is 0.327. The summed E-state index contributed by atoms with van der Waals surface area (Å²) in [6.45, 7) is 1.71. The van der Waals surface area contributed by atoms with Gasteiger partial charge in [0.1, 0.15) is 17.4 Å². The molecule has 0 bridgehead atoms. The van der Waals surface area contributed by atoms with Gasteiger partial charge in [0.2, 0.25) is 0 Å². The van der Waals surface area contributed by atoms with Crippen LogP contribution in [0.3, 0.4) is 0 Å². The molecule has 0 fully saturated rings. The molecule has 0 aliphatic heterocycles. The Morgan fingerprint density at radius 3 is 2.61 bits per heavy atom. The second-order valence-electron chi connectivity index (χ2n) is 7.20. The van der Waals surface area contributed by atoms with E-state index >= 15 is 0 Å². The molecule has 12 heteroatoms. The molecule has 1 aromatic heterocycles. The number of amides is 1. The molecule has 172 valence electrons. The minimum atomic E-state index is -3.92. The van der Waals surface area contributed by atoms with E-state index in [1.165, 1.54) is 11.3 Å². The summed E-state index contributed by atoms with van der Waals surface area (Å²) in [6, 6.07) is 6.99. The summed E-state index contributed by atoms with van der Waals surface area (Å²) >= 11 is 1.41. The monoisotopic (exact) mass is 471 g/mol. The van der Waals surface area contributed by atoms with Crippen molar-refractivity contribution in [3.05, 3.63) is 35.3 Å². The van der Waals surface area contributed by atoms with Gasteiger partial charge in [-0.2, -0.15) is 13.1 Å². The molecule has 1 aromatic carbocycles. The van der Waals surface area contributed by atoms with E-state index in [9.17, 15) is 13.2 Å². The van der Waals surface area contributed by atoms with Crippen molar-refractivity contribution >= 4 is 27.6 Å². The van der Waals surface area contributed by atoms with Gasteiger partial charge in [0.15, 0.2) is 0 Å². The van der Waals surface area contributed by atoms with Crippen LogP contribution >= 0.6 is 11.3 Å². The fourth-order valence-electron chi connectivity index (χ4n) is 2.75. The highest BCUT2D eigenvalue weighted by molar-refractivity contribution is 7.87. The van der Waals surface area contributed by atoms with Crippen LogP contribution in [0.25, 0.3) is 10.6 Å². The van der Waals surface area contributed by atoms with Gasteiger partial charge in [-0.05, 0) is 57.6 Å². The standard InChI is InChI=1S/C19H29N5O5S2/c1-24(2)11-12-29-15-8-6-14(7-9-15)18-22-17(13-30-18)16(23-31(20,27)28)5-3-4-10-21-19(25)26/h6-9,13,16,21,23H,3-5,10-12H2,1-2H3,(H,25,26)(H2,20,27,28).